The second-order valence-electron chi connectivity index (χ2n) is 4.41. The summed E-state index contributed by atoms with van der Waals surface area (Å²) in [4.78, 5) is 19.5. The monoisotopic (exact) mass is 247 g/mol. The van der Waals surface area contributed by atoms with Gasteiger partial charge in [0.1, 0.15) is 18.2 Å². The van der Waals surface area contributed by atoms with Crippen molar-refractivity contribution in [2.45, 2.75) is 38.1 Å². The van der Waals surface area contributed by atoms with Crippen molar-refractivity contribution in [1.82, 2.24) is 9.97 Å². The van der Waals surface area contributed by atoms with Gasteiger partial charge in [0.15, 0.2) is 0 Å². The van der Waals surface area contributed by atoms with E-state index in [1.807, 2.05) is 0 Å². The Kier molecular flexibility index (Phi) is 3.92. The molecule has 0 bridgehead atoms. The number of fused-ring (bicyclic) bond motifs is 1. The molecule has 96 valence electrons. The number of hydrogen-bond acceptors (Lipinski definition) is 4. The molecular formula is C13H17N3O2. The van der Waals surface area contributed by atoms with Crippen LogP contribution in [-0.2, 0) is 17.6 Å². The molecule has 1 aliphatic rings. The van der Waals surface area contributed by atoms with Crippen molar-refractivity contribution in [3.8, 4) is 0 Å². The fourth-order valence-electron chi connectivity index (χ4n) is 2.20. The Balaban J connectivity index is 2.22. The number of nitrogens with one attached hydrogen (secondary N) is 1. The molecule has 1 atom stereocenters. The molecule has 0 aromatic carbocycles. The van der Waals surface area contributed by atoms with Gasteiger partial charge in [-0.3, -0.25) is 0 Å². The Hall–Kier alpha value is -1.91. The van der Waals surface area contributed by atoms with E-state index in [0.29, 0.717) is 12.2 Å². The number of aromatic nitrogens is 2. The maximum atomic E-state index is 11.1. The highest BCUT2D eigenvalue weighted by Crippen LogP contribution is 2.25. The van der Waals surface area contributed by atoms with Gasteiger partial charge in [0.25, 0.3) is 0 Å². The van der Waals surface area contributed by atoms with Crippen LogP contribution in [0.4, 0.5) is 5.82 Å². The van der Waals surface area contributed by atoms with Gasteiger partial charge in [-0.2, -0.15) is 0 Å². The Labute approximate surface area is 106 Å². The molecule has 18 heavy (non-hydrogen) atoms. The van der Waals surface area contributed by atoms with Gasteiger partial charge >= 0.3 is 5.97 Å². The first-order chi connectivity index (χ1) is 8.72. The summed E-state index contributed by atoms with van der Waals surface area (Å²) < 4.78 is 0. The SMILES string of the molecule is C=CCC(Nc1ncnc2c1CCCC2)C(=O)O. The number of carboxylic acids is 1. The predicted molar refractivity (Wildman–Crippen MR) is 68.5 cm³/mol. The molecule has 1 unspecified atom stereocenters. The summed E-state index contributed by atoms with van der Waals surface area (Å²) in [5.74, 6) is -0.230. The second kappa shape index (κ2) is 5.62. The number of anilines is 1. The number of aliphatic carboxylic acids is 1. The predicted octanol–water partition coefficient (Wildman–Crippen LogP) is 1.80. The van der Waals surface area contributed by atoms with Crippen molar-refractivity contribution >= 4 is 11.8 Å². The lowest BCUT2D eigenvalue weighted by atomic mass is 9.96. The Morgan fingerprint density at radius 2 is 2.28 bits per heavy atom. The van der Waals surface area contributed by atoms with E-state index < -0.39 is 12.0 Å². The first-order valence-corrected chi connectivity index (χ1v) is 6.15. The molecule has 1 aliphatic carbocycles. The molecule has 2 N–H and O–H groups in total. The molecule has 0 fully saturated rings. The molecular weight excluding hydrogens is 230 g/mol. The molecule has 0 aliphatic heterocycles. The van der Waals surface area contributed by atoms with Crippen molar-refractivity contribution in [3.05, 3.63) is 30.2 Å². The molecule has 2 rings (SSSR count). The van der Waals surface area contributed by atoms with Gasteiger partial charge in [-0.1, -0.05) is 6.08 Å². The first kappa shape index (κ1) is 12.5. The normalized spacial score (nSPS) is 15.6. The highest BCUT2D eigenvalue weighted by atomic mass is 16.4. The first-order valence-electron chi connectivity index (χ1n) is 6.15. The minimum absolute atomic E-state index is 0.369. The summed E-state index contributed by atoms with van der Waals surface area (Å²) in [7, 11) is 0. The van der Waals surface area contributed by atoms with E-state index in [0.717, 1.165) is 36.9 Å². The van der Waals surface area contributed by atoms with Crippen LogP contribution in [0.15, 0.2) is 19.0 Å². The molecule has 0 spiro atoms. The third-order valence-electron chi connectivity index (χ3n) is 3.14. The molecule has 0 saturated carbocycles. The maximum absolute atomic E-state index is 11.1. The van der Waals surface area contributed by atoms with E-state index in [-0.39, 0.29) is 0 Å². The van der Waals surface area contributed by atoms with Crippen molar-refractivity contribution in [1.29, 1.82) is 0 Å². The standard InChI is InChI=1S/C13H17N3O2/c1-2-5-11(13(17)18)16-12-9-6-3-4-7-10(9)14-8-15-12/h2,8,11H,1,3-7H2,(H,17,18)(H,14,15,16). The molecule has 0 amide bonds. The highest BCUT2D eigenvalue weighted by molar-refractivity contribution is 5.77. The lowest BCUT2D eigenvalue weighted by Crippen LogP contribution is -2.30. The van der Waals surface area contributed by atoms with E-state index in [1.165, 1.54) is 6.33 Å². The van der Waals surface area contributed by atoms with E-state index in [2.05, 4.69) is 21.9 Å². The van der Waals surface area contributed by atoms with Crippen molar-refractivity contribution in [2.75, 3.05) is 5.32 Å². The topological polar surface area (TPSA) is 75.1 Å². The zero-order valence-electron chi connectivity index (χ0n) is 10.2. The summed E-state index contributed by atoms with van der Waals surface area (Å²) in [5, 5.41) is 12.1. The van der Waals surface area contributed by atoms with Crippen LogP contribution in [0.5, 0.6) is 0 Å². The summed E-state index contributed by atoms with van der Waals surface area (Å²) >= 11 is 0. The van der Waals surface area contributed by atoms with Crippen LogP contribution >= 0.6 is 0 Å². The fourth-order valence-corrected chi connectivity index (χ4v) is 2.20. The van der Waals surface area contributed by atoms with Crippen LogP contribution in [0.1, 0.15) is 30.5 Å². The van der Waals surface area contributed by atoms with E-state index in [9.17, 15) is 4.79 Å². The minimum Gasteiger partial charge on any atom is -0.480 e. The molecule has 0 saturated heterocycles. The van der Waals surface area contributed by atoms with Crippen molar-refractivity contribution in [3.63, 3.8) is 0 Å². The Morgan fingerprint density at radius 1 is 1.50 bits per heavy atom. The largest absolute Gasteiger partial charge is 0.480 e. The van der Waals surface area contributed by atoms with Crippen LogP contribution < -0.4 is 5.32 Å². The van der Waals surface area contributed by atoms with Gasteiger partial charge in [0.05, 0.1) is 0 Å². The smallest absolute Gasteiger partial charge is 0.326 e. The van der Waals surface area contributed by atoms with Gasteiger partial charge in [-0.25, -0.2) is 14.8 Å². The van der Waals surface area contributed by atoms with Gasteiger partial charge in [-0.05, 0) is 32.1 Å². The zero-order valence-corrected chi connectivity index (χ0v) is 10.2. The Bertz CT molecular complexity index is 460. The maximum Gasteiger partial charge on any atom is 0.326 e. The van der Waals surface area contributed by atoms with E-state index in [1.54, 1.807) is 6.08 Å². The second-order valence-corrected chi connectivity index (χ2v) is 4.41. The molecule has 5 nitrogen and oxygen atoms in total. The minimum atomic E-state index is -0.891. The fraction of sp³-hybridized carbons (Fsp3) is 0.462. The van der Waals surface area contributed by atoms with Crippen LogP contribution in [-0.4, -0.2) is 27.1 Å². The molecule has 0 radical (unpaired) electrons. The van der Waals surface area contributed by atoms with Crippen LogP contribution in [0.25, 0.3) is 0 Å². The van der Waals surface area contributed by atoms with Crippen molar-refractivity contribution < 1.29 is 9.90 Å². The van der Waals surface area contributed by atoms with E-state index in [4.69, 9.17) is 5.11 Å². The number of nitrogens with zero attached hydrogens (tertiary/aromatic N) is 2. The van der Waals surface area contributed by atoms with Gasteiger partial charge in [-0.15, -0.1) is 6.58 Å². The summed E-state index contributed by atoms with van der Waals surface area (Å²) in [5.41, 5.74) is 2.11. The van der Waals surface area contributed by atoms with Crippen molar-refractivity contribution in [2.24, 2.45) is 0 Å². The quantitative estimate of drug-likeness (QED) is 0.776. The zero-order chi connectivity index (χ0) is 13.0. The summed E-state index contributed by atoms with van der Waals surface area (Å²) in [6.07, 6.45) is 7.57. The number of hydrogen-bond donors (Lipinski definition) is 2. The average Bonchev–Trinajstić information content (AvgIpc) is 2.38. The van der Waals surface area contributed by atoms with Crippen LogP contribution in [0.2, 0.25) is 0 Å². The number of aryl methyl sites for hydroxylation is 1. The number of carboxylic acid groups (broad SMARTS) is 1. The average molecular weight is 247 g/mol. The number of carbonyl (C=O) groups is 1. The van der Waals surface area contributed by atoms with Gasteiger partial charge in [0, 0.05) is 11.3 Å². The third kappa shape index (κ3) is 2.67. The van der Waals surface area contributed by atoms with E-state index >= 15 is 0 Å². The van der Waals surface area contributed by atoms with Crippen LogP contribution in [0.3, 0.4) is 0 Å². The molecule has 1 heterocycles. The van der Waals surface area contributed by atoms with Crippen LogP contribution in [0, 0.1) is 0 Å². The molecule has 1 aromatic rings. The lowest BCUT2D eigenvalue weighted by molar-refractivity contribution is -0.137. The molecule has 1 aromatic heterocycles. The highest BCUT2D eigenvalue weighted by Gasteiger charge is 2.20. The summed E-state index contributed by atoms with van der Waals surface area (Å²) in [6, 6.07) is -0.677. The third-order valence-corrected chi connectivity index (χ3v) is 3.14. The lowest BCUT2D eigenvalue weighted by Gasteiger charge is -2.20. The Morgan fingerprint density at radius 3 is 3.00 bits per heavy atom. The van der Waals surface area contributed by atoms with Gasteiger partial charge < -0.3 is 10.4 Å². The number of rotatable bonds is 5. The van der Waals surface area contributed by atoms with Gasteiger partial charge in [0.2, 0.25) is 0 Å². The molecule has 5 heteroatoms. The summed E-state index contributed by atoms with van der Waals surface area (Å²) in [6.45, 7) is 3.58.